The van der Waals surface area contributed by atoms with Gasteiger partial charge in [-0.1, -0.05) is 6.07 Å². The van der Waals surface area contributed by atoms with Crippen LogP contribution >= 0.6 is 0 Å². The number of amides is 2. The fourth-order valence-electron chi connectivity index (χ4n) is 3.12. The molecule has 0 spiro atoms. The standard InChI is InChI=1S/C17H17N3O4/c21-11-18-7-15-8-20(17(22)24-15)13-4-3-12-9-23-10-14-2-1-5-19(14)16(12)6-13/h1-6,11,15H,7-10H2,(H,18,21)/t15-/m0/s1. The smallest absolute Gasteiger partial charge is 0.414 e. The van der Waals surface area contributed by atoms with Crippen molar-refractivity contribution in [1.29, 1.82) is 0 Å². The van der Waals surface area contributed by atoms with E-state index in [2.05, 4.69) is 9.88 Å². The van der Waals surface area contributed by atoms with Gasteiger partial charge < -0.3 is 19.4 Å². The number of benzene rings is 1. The van der Waals surface area contributed by atoms with Gasteiger partial charge in [-0.05, 0) is 24.3 Å². The summed E-state index contributed by atoms with van der Waals surface area (Å²) in [6.45, 7) is 1.82. The predicted molar refractivity (Wildman–Crippen MR) is 85.9 cm³/mol. The Hall–Kier alpha value is -2.80. The Kier molecular flexibility index (Phi) is 3.70. The first-order valence-electron chi connectivity index (χ1n) is 7.79. The van der Waals surface area contributed by atoms with Crippen LogP contribution in [0.1, 0.15) is 11.3 Å². The van der Waals surface area contributed by atoms with E-state index in [1.54, 1.807) is 4.90 Å². The molecule has 3 heterocycles. The first kappa shape index (κ1) is 14.8. The maximum atomic E-state index is 12.1. The van der Waals surface area contributed by atoms with E-state index in [1.165, 1.54) is 0 Å². The Morgan fingerprint density at radius 3 is 3.08 bits per heavy atom. The van der Waals surface area contributed by atoms with Crippen LogP contribution in [0.15, 0.2) is 36.5 Å². The summed E-state index contributed by atoms with van der Waals surface area (Å²) < 4.78 is 13.1. The van der Waals surface area contributed by atoms with Crippen molar-refractivity contribution < 1.29 is 19.1 Å². The highest BCUT2D eigenvalue weighted by Crippen LogP contribution is 2.29. The molecule has 2 aliphatic heterocycles. The first-order valence-corrected chi connectivity index (χ1v) is 7.79. The summed E-state index contributed by atoms with van der Waals surface area (Å²) in [5, 5.41) is 2.55. The molecule has 1 aromatic carbocycles. The molecule has 124 valence electrons. The minimum atomic E-state index is -0.398. The summed E-state index contributed by atoms with van der Waals surface area (Å²) >= 11 is 0. The molecule has 0 radical (unpaired) electrons. The van der Waals surface area contributed by atoms with Crippen LogP contribution < -0.4 is 10.2 Å². The molecular formula is C17H17N3O4. The molecule has 0 aliphatic carbocycles. The Morgan fingerprint density at radius 1 is 1.29 bits per heavy atom. The molecule has 0 saturated carbocycles. The van der Waals surface area contributed by atoms with E-state index >= 15 is 0 Å². The van der Waals surface area contributed by atoms with Crippen LogP contribution in [-0.4, -0.2) is 36.3 Å². The lowest BCUT2D eigenvalue weighted by atomic mass is 10.1. The minimum Gasteiger partial charge on any atom is -0.442 e. The quantitative estimate of drug-likeness (QED) is 0.866. The Labute approximate surface area is 138 Å². The van der Waals surface area contributed by atoms with Crippen LogP contribution in [0.4, 0.5) is 10.5 Å². The summed E-state index contributed by atoms with van der Waals surface area (Å²) in [6.07, 6.45) is 1.86. The average Bonchev–Trinajstić information content (AvgIpc) is 3.16. The van der Waals surface area contributed by atoms with Gasteiger partial charge in [-0.3, -0.25) is 9.69 Å². The molecule has 4 rings (SSSR count). The zero-order valence-electron chi connectivity index (χ0n) is 13.0. The number of nitrogens with one attached hydrogen (secondary N) is 1. The normalized spacial score (nSPS) is 19.2. The van der Waals surface area contributed by atoms with E-state index in [0.717, 1.165) is 22.6 Å². The van der Waals surface area contributed by atoms with E-state index < -0.39 is 6.09 Å². The van der Waals surface area contributed by atoms with E-state index in [0.29, 0.717) is 32.7 Å². The molecule has 7 nitrogen and oxygen atoms in total. The SMILES string of the molecule is O=CNC[C@H]1CN(c2ccc3c(c2)-n2cccc2COC3)C(=O)O1. The molecule has 1 N–H and O–H groups in total. The molecule has 24 heavy (non-hydrogen) atoms. The lowest BCUT2D eigenvalue weighted by Crippen LogP contribution is -2.30. The van der Waals surface area contributed by atoms with Gasteiger partial charge in [0.15, 0.2) is 0 Å². The number of ether oxygens (including phenoxy) is 2. The van der Waals surface area contributed by atoms with Crippen molar-refractivity contribution in [2.24, 2.45) is 0 Å². The second kappa shape index (κ2) is 6.01. The monoisotopic (exact) mass is 327 g/mol. The fourth-order valence-corrected chi connectivity index (χ4v) is 3.12. The zero-order chi connectivity index (χ0) is 16.5. The van der Waals surface area contributed by atoms with Crippen molar-refractivity contribution in [2.45, 2.75) is 19.3 Å². The molecule has 1 saturated heterocycles. The average molecular weight is 327 g/mol. The Morgan fingerprint density at radius 2 is 2.21 bits per heavy atom. The van der Waals surface area contributed by atoms with Crippen LogP contribution in [0.3, 0.4) is 0 Å². The van der Waals surface area contributed by atoms with Crippen LogP contribution in [0, 0.1) is 0 Å². The molecule has 1 aromatic heterocycles. The maximum absolute atomic E-state index is 12.1. The van der Waals surface area contributed by atoms with Crippen LogP contribution in [0.5, 0.6) is 0 Å². The highest BCUT2D eigenvalue weighted by molar-refractivity contribution is 5.90. The third kappa shape index (κ3) is 2.52. The summed E-state index contributed by atoms with van der Waals surface area (Å²) in [7, 11) is 0. The van der Waals surface area contributed by atoms with Gasteiger partial charge in [0.2, 0.25) is 6.41 Å². The van der Waals surface area contributed by atoms with Crippen molar-refractivity contribution >= 4 is 18.2 Å². The second-order valence-electron chi connectivity index (χ2n) is 5.82. The summed E-state index contributed by atoms with van der Waals surface area (Å²) in [5.74, 6) is 0. The minimum absolute atomic E-state index is 0.312. The number of cyclic esters (lactones) is 1. The van der Waals surface area contributed by atoms with Crippen molar-refractivity contribution in [2.75, 3.05) is 18.0 Å². The predicted octanol–water partition coefficient (Wildman–Crippen LogP) is 1.58. The lowest BCUT2D eigenvalue weighted by molar-refractivity contribution is -0.109. The van der Waals surface area contributed by atoms with Gasteiger partial charge in [0, 0.05) is 23.1 Å². The van der Waals surface area contributed by atoms with Crippen LogP contribution in [0.2, 0.25) is 0 Å². The van der Waals surface area contributed by atoms with E-state index in [1.807, 2.05) is 36.5 Å². The summed E-state index contributed by atoms with van der Waals surface area (Å²) in [5.41, 5.74) is 3.92. The van der Waals surface area contributed by atoms with E-state index in [4.69, 9.17) is 9.47 Å². The number of anilines is 1. The fraction of sp³-hybridized carbons (Fsp3) is 0.294. The van der Waals surface area contributed by atoms with Gasteiger partial charge in [-0.15, -0.1) is 0 Å². The summed E-state index contributed by atoms with van der Waals surface area (Å²) in [4.78, 5) is 24.1. The number of fused-ring (bicyclic) bond motifs is 3. The molecule has 1 atom stereocenters. The molecule has 7 heteroatoms. The summed E-state index contributed by atoms with van der Waals surface area (Å²) in [6, 6.07) is 9.85. The number of aromatic nitrogens is 1. The third-order valence-corrected chi connectivity index (χ3v) is 4.28. The number of hydrogen-bond donors (Lipinski definition) is 1. The van der Waals surface area contributed by atoms with Crippen molar-refractivity contribution in [3.63, 3.8) is 0 Å². The molecular weight excluding hydrogens is 310 g/mol. The molecule has 2 aliphatic rings. The van der Waals surface area contributed by atoms with Gasteiger partial charge in [-0.25, -0.2) is 4.79 Å². The molecule has 2 amide bonds. The number of carbonyl (C=O) groups excluding carboxylic acids is 2. The third-order valence-electron chi connectivity index (χ3n) is 4.28. The number of hydrogen-bond acceptors (Lipinski definition) is 4. The van der Waals surface area contributed by atoms with E-state index in [9.17, 15) is 9.59 Å². The highest BCUT2D eigenvalue weighted by atomic mass is 16.6. The van der Waals surface area contributed by atoms with Gasteiger partial charge in [0.25, 0.3) is 0 Å². The first-order chi connectivity index (χ1) is 11.8. The second-order valence-corrected chi connectivity index (χ2v) is 5.82. The molecule has 0 unspecified atom stereocenters. The number of nitrogens with zero attached hydrogens (tertiary/aromatic N) is 2. The largest absolute Gasteiger partial charge is 0.442 e. The van der Waals surface area contributed by atoms with Crippen LogP contribution in [0.25, 0.3) is 5.69 Å². The van der Waals surface area contributed by atoms with Crippen molar-refractivity contribution in [1.82, 2.24) is 9.88 Å². The topological polar surface area (TPSA) is 72.8 Å². The lowest BCUT2D eigenvalue weighted by Gasteiger charge is -2.17. The molecule has 2 aromatic rings. The van der Waals surface area contributed by atoms with Gasteiger partial charge in [0.05, 0.1) is 32.0 Å². The van der Waals surface area contributed by atoms with Gasteiger partial charge in [-0.2, -0.15) is 0 Å². The van der Waals surface area contributed by atoms with Crippen molar-refractivity contribution in [3.05, 3.63) is 47.8 Å². The molecule has 1 fully saturated rings. The van der Waals surface area contributed by atoms with Crippen LogP contribution in [-0.2, 0) is 27.5 Å². The zero-order valence-corrected chi connectivity index (χ0v) is 13.0. The Balaban J connectivity index is 1.65. The molecule has 0 bridgehead atoms. The van der Waals surface area contributed by atoms with Crippen molar-refractivity contribution in [3.8, 4) is 5.69 Å². The highest BCUT2D eigenvalue weighted by Gasteiger charge is 2.32. The maximum Gasteiger partial charge on any atom is 0.414 e. The van der Waals surface area contributed by atoms with Gasteiger partial charge in [0.1, 0.15) is 6.10 Å². The van der Waals surface area contributed by atoms with Gasteiger partial charge >= 0.3 is 6.09 Å². The van der Waals surface area contributed by atoms with E-state index in [-0.39, 0.29) is 6.10 Å². The number of carbonyl (C=O) groups is 2. The Bertz CT molecular complexity index is 786. The number of rotatable bonds is 4.